The van der Waals surface area contributed by atoms with Gasteiger partial charge in [-0.05, 0) is 23.4 Å². The molecule has 45 heavy (non-hydrogen) atoms. The van der Waals surface area contributed by atoms with Crippen LogP contribution < -0.4 is 11.5 Å². The SMILES string of the molecule is Nc1nc(Cl)nc2c1ncn2[C@@H]1O[C@@H]2COP(=O)(S)OC3[C@@H](COP(O)(=S)O[C@@H]2C1F)O[C@@H](n1cnc2c(N)ncnc21)[C@H]3O. The van der Waals surface area contributed by atoms with Gasteiger partial charge in [0.15, 0.2) is 41.6 Å². The first kappa shape index (κ1) is 31.4. The smallest absolute Gasteiger partial charge is 0.386 e. The molecule has 25 heteroatoms. The Morgan fingerprint density at radius 3 is 2.36 bits per heavy atom. The number of nitrogens with two attached hydrogens (primary N) is 2. The molecule has 0 amide bonds. The quantitative estimate of drug-likeness (QED) is 0.110. The molecule has 3 aliphatic heterocycles. The van der Waals surface area contributed by atoms with Gasteiger partial charge in [0.1, 0.15) is 47.9 Å². The fourth-order valence-corrected chi connectivity index (χ4v) is 8.35. The van der Waals surface area contributed by atoms with E-state index in [4.69, 9.17) is 62.4 Å². The molecule has 19 nitrogen and oxygen atoms in total. The predicted octanol–water partition coefficient (Wildman–Crippen LogP) is 1.05. The highest BCUT2D eigenvalue weighted by Crippen LogP contribution is 2.58. The summed E-state index contributed by atoms with van der Waals surface area (Å²) in [4.78, 5) is 35.1. The molecule has 0 saturated carbocycles. The van der Waals surface area contributed by atoms with Crippen molar-refractivity contribution in [3.8, 4) is 0 Å². The summed E-state index contributed by atoms with van der Waals surface area (Å²) in [6.07, 6.45) is -8.09. The number of ether oxygens (including phenoxy) is 2. The molecule has 0 aliphatic carbocycles. The molecule has 7 heterocycles. The third-order valence-corrected chi connectivity index (χ3v) is 10.6. The Hall–Kier alpha value is -2.17. The molecule has 242 valence electrons. The van der Waals surface area contributed by atoms with Crippen molar-refractivity contribution in [2.45, 2.75) is 49.1 Å². The van der Waals surface area contributed by atoms with Crippen LogP contribution in [-0.4, -0.2) is 98.9 Å². The van der Waals surface area contributed by atoms with Crippen LogP contribution in [-0.2, 0) is 43.9 Å². The number of halogens is 2. The van der Waals surface area contributed by atoms with Gasteiger partial charge < -0.3 is 35.5 Å². The van der Waals surface area contributed by atoms with Crippen molar-refractivity contribution in [1.29, 1.82) is 0 Å². The molecule has 0 bridgehead atoms. The van der Waals surface area contributed by atoms with Crippen molar-refractivity contribution in [3.63, 3.8) is 0 Å². The van der Waals surface area contributed by atoms with Gasteiger partial charge in [0.05, 0.1) is 25.9 Å². The van der Waals surface area contributed by atoms with E-state index >= 15 is 4.39 Å². The fourth-order valence-electron chi connectivity index (χ4n) is 5.25. The highest BCUT2D eigenvalue weighted by atomic mass is 35.5. The Morgan fingerprint density at radius 1 is 0.956 bits per heavy atom. The first-order valence-electron chi connectivity index (χ1n) is 12.8. The number of hydrogen-bond acceptors (Lipinski definition) is 17. The van der Waals surface area contributed by atoms with Gasteiger partial charge in [0.2, 0.25) is 5.28 Å². The zero-order valence-electron chi connectivity index (χ0n) is 22.3. The van der Waals surface area contributed by atoms with Crippen molar-refractivity contribution >= 4 is 83.1 Å². The molecule has 3 aliphatic rings. The molecule has 4 aromatic rings. The lowest BCUT2D eigenvalue weighted by molar-refractivity contribution is -0.0574. The Kier molecular flexibility index (Phi) is 8.04. The summed E-state index contributed by atoms with van der Waals surface area (Å²) in [6, 6.07) is 0. The minimum absolute atomic E-state index is 0.0496. The highest BCUT2D eigenvalue weighted by molar-refractivity contribution is 8.44. The minimum Gasteiger partial charge on any atom is -0.386 e. The molecule has 6 N–H and O–H groups in total. The van der Waals surface area contributed by atoms with Crippen LogP contribution in [0.15, 0.2) is 19.0 Å². The second-order valence-electron chi connectivity index (χ2n) is 10.0. The number of alkyl halides is 1. The average molecular weight is 727 g/mol. The van der Waals surface area contributed by atoms with E-state index in [0.29, 0.717) is 0 Å². The standard InChI is InChI=1S/C20H22ClFN10O9P2S2/c21-20-29-15(24)10-17(30-20)32(5-28-10)18-8(22)12-6(38-18)1-36-43(35,45)41-13-7(2-37-42(34,44)40-12)39-19(11(13)33)31-4-27-9-14(23)25-3-26-16(9)31/h3-8,11-13,18-19,33H,1-2H2,(H,34,44)(H,35,45)(H2,23,25,26)(H2,24,29,30)/t6-,7-,8?,11+,12+,13?,18-,19-,42?,43?/m1/s1. The second-order valence-corrected chi connectivity index (χ2v) is 16.0. The summed E-state index contributed by atoms with van der Waals surface area (Å²) in [5.74, 6) is 0.0405. The molecule has 0 spiro atoms. The van der Waals surface area contributed by atoms with Gasteiger partial charge in [-0.3, -0.25) is 22.7 Å². The maximum atomic E-state index is 16.0. The molecule has 0 radical (unpaired) electrons. The van der Waals surface area contributed by atoms with E-state index in [9.17, 15) is 14.6 Å². The molecule has 3 fully saturated rings. The number of fused-ring (bicyclic) bond motifs is 4. The predicted molar refractivity (Wildman–Crippen MR) is 158 cm³/mol. The van der Waals surface area contributed by atoms with E-state index in [1.54, 1.807) is 0 Å². The third kappa shape index (κ3) is 5.71. The van der Waals surface area contributed by atoms with Gasteiger partial charge in [-0.15, -0.1) is 0 Å². The Morgan fingerprint density at radius 2 is 1.60 bits per heavy atom. The second kappa shape index (κ2) is 11.5. The molecule has 4 aromatic heterocycles. The van der Waals surface area contributed by atoms with E-state index < -0.39 is 75.9 Å². The lowest BCUT2D eigenvalue weighted by Gasteiger charge is -2.29. The van der Waals surface area contributed by atoms with E-state index in [0.717, 1.165) is 0 Å². The first-order valence-corrected chi connectivity index (χ1v) is 18.5. The Bertz CT molecular complexity index is 1890. The molecular weight excluding hydrogens is 705 g/mol. The van der Waals surface area contributed by atoms with Gasteiger partial charge in [-0.2, -0.15) is 9.97 Å². The van der Waals surface area contributed by atoms with Crippen molar-refractivity contribution < 1.29 is 46.5 Å². The number of anilines is 2. The van der Waals surface area contributed by atoms with Crippen LogP contribution in [0.2, 0.25) is 5.28 Å². The number of aliphatic hydroxyl groups excluding tert-OH is 1. The molecule has 7 rings (SSSR count). The van der Waals surface area contributed by atoms with Crippen molar-refractivity contribution in [2.75, 3.05) is 24.7 Å². The van der Waals surface area contributed by atoms with E-state index in [1.807, 2.05) is 0 Å². The summed E-state index contributed by atoms with van der Waals surface area (Å²) in [7, 11) is 0. The van der Waals surface area contributed by atoms with Crippen LogP contribution in [0.4, 0.5) is 16.0 Å². The summed E-state index contributed by atoms with van der Waals surface area (Å²) < 4.78 is 66.0. The van der Waals surface area contributed by atoms with Gasteiger partial charge in [0.25, 0.3) is 0 Å². The monoisotopic (exact) mass is 726 g/mol. The maximum Gasteiger partial charge on any atom is 0.386 e. The number of aliphatic hydroxyl groups is 1. The van der Waals surface area contributed by atoms with Crippen LogP contribution in [0.3, 0.4) is 0 Å². The number of nitrogen functional groups attached to an aromatic ring is 2. The van der Waals surface area contributed by atoms with E-state index in [1.165, 1.54) is 28.1 Å². The normalized spacial score (nSPS) is 37.7. The zero-order valence-corrected chi connectivity index (χ0v) is 26.5. The van der Waals surface area contributed by atoms with Crippen LogP contribution in [0.1, 0.15) is 12.5 Å². The lowest BCUT2D eigenvalue weighted by Crippen LogP contribution is -2.38. The van der Waals surface area contributed by atoms with E-state index in [2.05, 4.69) is 42.2 Å². The topological polar surface area (TPSA) is 252 Å². The number of imidazole rings is 2. The number of thiol groups is 1. The molecule has 10 atom stereocenters. The summed E-state index contributed by atoms with van der Waals surface area (Å²) in [5.41, 5.74) is 12.4. The number of nitrogens with zero attached hydrogens (tertiary/aromatic N) is 8. The van der Waals surface area contributed by atoms with Gasteiger partial charge in [-0.25, -0.2) is 28.9 Å². The number of aromatic nitrogens is 8. The third-order valence-electron chi connectivity index (χ3n) is 7.25. The van der Waals surface area contributed by atoms with Crippen LogP contribution in [0, 0.1) is 0 Å². The van der Waals surface area contributed by atoms with Crippen LogP contribution in [0.25, 0.3) is 22.3 Å². The van der Waals surface area contributed by atoms with Gasteiger partial charge in [0, 0.05) is 0 Å². The van der Waals surface area contributed by atoms with Gasteiger partial charge >= 0.3 is 13.5 Å². The summed E-state index contributed by atoms with van der Waals surface area (Å²) in [5, 5.41) is 11.0. The Balaban J connectivity index is 1.17. The zero-order chi connectivity index (χ0) is 31.8. The molecule has 0 aromatic carbocycles. The summed E-state index contributed by atoms with van der Waals surface area (Å²) >= 11 is 15.2. The van der Waals surface area contributed by atoms with Crippen molar-refractivity contribution in [1.82, 2.24) is 39.0 Å². The first-order chi connectivity index (χ1) is 21.3. The molecular formula is C20H22ClFN10O9P2S2. The summed E-state index contributed by atoms with van der Waals surface area (Å²) in [6.45, 7) is -9.73. The minimum atomic E-state index is -4.32. The number of hydrogen-bond donors (Lipinski definition) is 5. The Labute approximate surface area is 266 Å². The van der Waals surface area contributed by atoms with Crippen molar-refractivity contribution in [3.05, 3.63) is 24.3 Å². The van der Waals surface area contributed by atoms with Crippen LogP contribution >= 0.6 is 37.4 Å². The molecule has 4 unspecified atom stereocenters. The highest BCUT2D eigenvalue weighted by Gasteiger charge is 2.53. The maximum absolute atomic E-state index is 16.0. The lowest BCUT2D eigenvalue weighted by atomic mass is 10.1. The molecule has 3 saturated heterocycles. The number of rotatable bonds is 2. The van der Waals surface area contributed by atoms with Gasteiger partial charge in [-0.1, -0.05) is 12.2 Å². The largest absolute Gasteiger partial charge is 0.386 e. The van der Waals surface area contributed by atoms with E-state index in [-0.39, 0.29) is 39.2 Å². The fraction of sp³-hybridized carbons (Fsp3) is 0.500. The van der Waals surface area contributed by atoms with Crippen LogP contribution in [0.5, 0.6) is 0 Å². The average Bonchev–Trinajstić information content (AvgIpc) is 3.72. The van der Waals surface area contributed by atoms with Crippen molar-refractivity contribution in [2.24, 2.45) is 0 Å².